The monoisotopic (exact) mass is 589 g/mol. The van der Waals surface area contributed by atoms with Crippen molar-refractivity contribution in [1.82, 2.24) is 10.2 Å². The second kappa shape index (κ2) is 14.0. The van der Waals surface area contributed by atoms with E-state index in [4.69, 9.17) is 0 Å². The number of carbonyl (C=O) groups is 2. The van der Waals surface area contributed by atoms with Crippen LogP contribution in [0.25, 0.3) is 0 Å². The van der Waals surface area contributed by atoms with Crippen LogP contribution in [0.1, 0.15) is 68.2 Å². The highest BCUT2D eigenvalue weighted by molar-refractivity contribution is 7.92. The van der Waals surface area contributed by atoms with Gasteiger partial charge in [0.2, 0.25) is 11.8 Å². The molecule has 1 saturated carbocycles. The van der Waals surface area contributed by atoms with Crippen molar-refractivity contribution >= 4 is 27.5 Å². The molecule has 3 aromatic rings. The zero-order chi connectivity index (χ0) is 30.3. The Hall–Kier alpha value is -3.65. The lowest BCUT2D eigenvalue weighted by atomic mass is 10.1. The molecule has 1 aliphatic carbocycles. The van der Waals surface area contributed by atoms with E-state index in [2.05, 4.69) is 5.32 Å². The van der Waals surface area contributed by atoms with Gasteiger partial charge >= 0.3 is 0 Å². The second-order valence-corrected chi connectivity index (χ2v) is 13.0. The van der Waals surface area contributed by atoms with Crippen LogP contribution in [0.4, 0.5) is 5.69 Å². The molecular formula is C34H43N3O4S. The number of sulfonamides is 1. The Bertz CT molecular complexity index is 1480. The molecule has 1 N–H and O–H groups in total. The first kappa shape index (κ1) is 31.3. The van der Waals surface area contributed by atoms with Crippen LogP contribution in [0, 0.1) is 13.8 Å². The van der Waals surface area contributed by atoms with Crippen molar-refractivity contribution in [3.63, 3.8) is 0 Å². The van der Waals surface area contributed by atoms with Crippen molar-refractivity contribution in [2.75, 3.05) is 10.8 Å². The van der Waals surface area contributed by atoms with E-state index in [-0.39, 0.29) is 23.4 Å². The van der Waals surface area contributed by atoms with E-state index < -0.39 is 28.5 Å². The fourth-order valence-electron chi connectivity index (χ4n) is 5.66. The minimum atomic E-state index is -4.10. The standard InChI is InChI=1S/C34H43N3O4S/c1-5-27-14-9-12-18-32(27)37(42(40,41)30-21-19-25(3)20-22-30)24-33(38)36(23-28-15-8-7-13-26(28)4)31(6-2)34(39)35-29-16-10-11-17-29/h7-9,12-15,18-22,29,31H,5-6,10-11,16-17,23-24H2,1-4H3,(H,35,39)/t31-/m1/s1. The van der Waals surface area contributed by atoms with Gasteiger partial charge in [-0.1, -0.05) is 86.8 Å². The Labute approximate surface area is 251 Å². The molecule has 224 valence electrons. The Morgan fingerprint density at radius 1 is 0.881 bits per heavy atom. The molecule has 1 aliphatic rings. The molecule has 4 rings (SSSR count). The molecule has 3 aromatic carbocycles. The summed E-state index contributed by atoms with van der Waals surface area (Å²) in [5.74, 6) is -0.610. The van der Waals surface area contributed by atoms with E-state index in [9.17, 15) is 18.0 Å². The summed E-state index contributed by atoms with van der Waals surface area (Å²) in [6.07, 6.45) is 5.03. The van der Waals surface area contributed by atoms with Crippen LogP contribution in [0.3, 0.4) is 0 Å². The smallest absolute Gasteiger partial charge is 0.264 e. The number of nitrogens with zero attached hydrogens (tertiary/aromatic N) is 2. The Morgan fingerprint density at radius 2 is 1.50 bits per heavy atom. The van der Waals surface area contributed by atoms with Gasteiger partial charge in [0, 0.05) is 12.6 Å². The van der Waals surface area contributed by atoms with Gasteiger partial charge in [-0.15, -0.1) is 0 Å². The van der Waals surface area contributed by atoms with E-state index >= 15 is 0 Å². The SMILES string of the molecule is CCc1ccccc1N(CC(=O)N(Cc1ccccc1C)[C@H](CC)C(=O)NC1CCCC1)S(=O)(=O)c1ccc(C)cc1. The Balaban J connectivity index is 1.75. The topological polar surface area (TPSA) is 86.8 Å². The van der Waals surface area contributed by atoms with Crippen LogP contribution < -0.4 is 9.62 Å². The summed E-state index contributed by atoms with van der Waals surface area (Å²) in [4.78, 5) is 29.7. The quantitative estimate of drug-likeness (QED) is 0.284. The molecule has 0 aromatic heterocycles. The highest BCUT2D eigenvalue weighted by Crippen LogP contribution is 2.29. The van der Waals surface area contributed by atoms with Crippen molar-refractivity contribution in [1.29, 1.82) is 0 Å². The van der Waals surface area contributed by atoms with E-state index in [0.717, 1.165) is 47.9 Å². The van der Waals surface area contributed by atoms with E-state index in [0.29, 0.717) is 18.5 Å². The van der Waals surface area contributed by atoms with Gasteiger partial charge < -0.3 is 10.2 Å². The third kappa shape index (κ3) is 7.21. The average molecular weight is 590 g/mol. The van der Waals surface area contributed by atoms with Gasteiger partial charge in [-0.05, 0) is 74.4 Å². The van der Waals surface area contributed by atoms with Crippen molar-refractivity contribution < 1.29 is 18.0 Å². The number of nitrogens with one attached hydrogen (secondary N) is 1. The highest BCUT2D eigenvalue weighted by atomic mass is 32.2. The molecular weight excluding hydrogens is 546 g/mol. The number of carbonyl (C=O) groups excluding carboxylic acids is 2. The lowest BCUT2D eigenvalue weighted by molar-refractivity contribution is -0.140. The summed E-state index contributed by atoms with van der Waals surface area (Å²) in [5.41, 5.74) is 4.14. The highest BCUT2D eigenvalue weighted by Gasteiger charge is 2.35. The van der Waals surface area contributed by atoms with Crippen LogP contribution in [0.2, 0.25) is 0 Å². The van der Waals surface area contributed by atoms with Gasteiger partial charge in [-0.3, -0.25) is 13.9 Å². The van der Waals surface area contributed by atoms with Gasteiger partial charge in [0.05, 0.1) is 10.6 Å². The number of rotatable bonds is 12. The maximum atomic E-state index is 14.4. The molecule has 0 radical (unpaired) electrons. The molecule has 2 amide bonds. The minimum Gasteiger partial charge on any atom is -0.352 e. The fraction of sp³-hybridized carbons (Fsp3) is 0.412. The van der Waals surface area contributed by atoms with Crippen LogP contribution in [0.5, 0.6) is 0 Å². The largest absolute Gasteiger partial charge is 0.352 e. The third-order valence-corrected chi connectivity index (χ3v) is 9.99. The third-order valence-electron chi connectivity index (χ3n) is 8.22. The van der Waals surface area contributed by atoms with Crippen LogP contribution in [-0.2, 0) is 32.6 Å². The minimum absolute atomic E-state index is 0.108. The second-order valence-electron chi connectivity index (χ2n) is 11.2. The summed E-state index contributed by atoms with van der Waals surface area (Å²) in [6.45, 7) is 7.51. The Kier molecular flexibility index (Phi) is 10.4. The van der Waals surface area contributed by atoms with Crippen LogP contribution in [0.15, 0.2) is 77.7 Å². The van der Waals surface area contributed by atoms with Gasteiger partial charge in [-0.2, -0.15) is 0 Å². The number of aryl methyl sites for hydroxylation is 3. The first-order valence-corrected chi connectivity index (χ1v) is 16.4. The first-order chi connectivity index (χ1) is 20.1. The lowest BCUT2D eigenvalue weighted by Crippen LogP contribution is -2.53. The van der Waals surface area contributed by atoms with E-state index in [1.807, 2.05) is 64.1 Å². The molecule has 0 unspecified atom stereocenters. The summed E-state index contributed by atoms with van der Waals surface area (Å²) in [5, 5.41) is 3.17. The maximum Gasteiger partial charge on any atom is 0.264 e. The number of amides is 2. The molecule has 0 heterocycles. The number of hydrogen-bond acceptors (Lipinski definition) is 4. The molecule has 0 aliphatic heterocycles. The van der Waals surface area contributed by atoms with Crippen LogP contribution >= 0.6 is 0 Å². The van der Waals surface area contributed by atoms with Gasteiger partial charge in [0.25, 0.3) is 10.0 Å². The zero-order valence-corrected chi connectivity index (χ0v) is 26.0. The molecule has 1 fully saturated rings. The predicted molar refractivity (Wildman–Crippen MR) is 168 cm³/mol. The molecule has 7 nitrogen and oxygen atoms in total. The summed E-state index contributed by atoms with van der Waals surface area (Å²) in [6, 6.07) is 21.1. The Morgan fingerprint density at radius 3 is 2.12 bits per heavy atom. The van der Waals surface area contributed by atoms with Gasteiger partial charge in [0.1, 0.15) is 12.6 Å². The number of benzene rings is 3. The number of anilines is 1. The fourth-order valence-corrected chi connectivity index (χ4v) is 7.11. The van der Waals surface area contributed by atoms with Gasteiger partial charge in [0.15, 0.2) is 0 Å². The predicted octanol–water partition coefficient (Wildman–Crippen LogP) is 5.93. The van der Waals surface area contributed by atoms with Crippen molar-refractivity contribution in [2.24, 2.45) is 0 Å². The average Bonchev–Trinajstić information content (AvgIpc) is 3.49. The van der Waals surface area contributed by atoms with Crippen molar-refractivity contribution in [3.05, 3.63) is 95.1 Å². The van der Waals surface area contributed by atoms with Crippen LogP contribution in [-0.4, -0.2) is 43.8 Å². The zero-order valence-electron chi connectivity index (χ0n) is 25.2. The molecule has 0 saturated heterocycles. The normalized spacial score (nSPS) is 14.4. The molecule has 1 atom stereocenters. The molecule has 0 bridgehead atoms. The summed E-state index contributed by atoms with van der Waals surface area (Å²) < 4.78 is 29.5. The lowest BCUT2D eigenvalue weighted by Gasteiger charge is -2.34. The van der Waals surface area contributed by atoms with Crippen molar-refractivity contribution in [3.8, 4) is 0 Å². The summed E-state index contributed by atoms with van der Waals surface area (Å²) in [7, 11) is -4.10. The van der Waals surface area contributed by atoms with Gasteiger partial charge in [-0.25, -0.2) is 8.42 Å². The first-order valence-electron chi connectivity index (χ1n) is 15.0. The number of para-hydroxylation sites is 1. The molecule has 42 heavy (non-hydrogen) atoms. The maximum absolute atomic E-state index is 14.4. The van der Waals surface area contributed by atoms with E-state index in [1.54, 1.807) is 41.3 Å². The van der Waals surface area contributed by atoms with Crippen molar-refractivity contribution in [2.45, 2.75) is 89.7 Å². The number of hydrogen-bond donors (Lipinski definition) is 1. The summed E-state index contributed by atoms with van der Waals surface area (Å²) >= 11 is 0. The molecule has 8 heteroatoms. The van der Waals surface area contributed by atoms with E-state index in [1.165, 1.54) is 4.31 Å². The molecule has 0 spiro atoms.